The molecule has 2 aromatic carbocycles. The minimum Gasteiger partial charge on any atom is -0.310 e. The molecule has 0 radical (unpaired) electrons. The number of rotatable bonds is 14. The first-order valence-electron chi connectivity index (χ1n) is 19.1. The van der Waals surface area contributed by atoms with Crippen LogP contribution < -0.4 is 5.56 Å². The molecular formula is C52H47N5O. The maximum Gasteiger partial charge on any atom is 0.258 e. The van der Waals surface area contributed by atoms with E-state index in [9.17, 15) is 4.79 Å². The molecule has 0 spiro atoms. The van der Waals surface area contributed by atoms with Crippen LogP contribution in [0.15, 0.2) is 187 Å². The van der Waals surface area contributed by atoms with Crippen LogP contribution in [0.1, 0.15) is 55.3 Å². The van der Waals surface area contributed by atoms with Gasteiger partial charge in [0.25, 0.3) is 5.56 Å². The average Bonchev–Trinajstić information content (AvgIpc) is 3.25. The maximum absolute atomic E-state index is 14.1. The van der Waals surface area contributed by atoms with Gasteiger partial charge in [-0.15, -0.1) is 6.58 Å². The summed E-state index contributed by atoms with van der Waals surface area (Å²) in [7, 11) is 1.83. The van der Waals surface area contributed by atoms with Crippen molar-refractivity contribution in [3.8, 4) is 11.4 Å². The van der Waals surface area contributed by atoms with Gasteiger partial charge in [-0.2, -0.15) is 0 Å². The Bertz CT molecular complexity index is 2810. The number of hydrogen-bond donors (Lipinski definition) is 0. The molecule has 6 heteroatoms. The van der Waals surface area contributed by atoms with E-state index in [0.717, 1.165) is 78.7 Å². The SMILES string of the molecule is C=CC/C(C)=C/C(=C\C(=C)c1ccccn1)c1ccc(C(=C)/C=C\C(=CC)c2cc(/C(=C/C=C\C)N=C)nc(-c3ccccn3)c2)c2c1c1ccccc1c(=O)n2C. The molecule has 0 saturated carbocycles. The van der Waals surface area contributed by atoms with Crippen LogP contribution in [0.3, 0.4) is 0 Å². The minimum absolute atomic E-state index is 0.0850. The van der Waals surface area contributed by atoms with E-state index in [1.54, 1.807) is 17.0 Å². The van der Waals surface area contributed by atoms with Gasteiger partial charge in [-0.05, 0) is 127 Å². The third-order valence-electron chi connectivity index (χ3n) is 9.83. The number of aromatic nitrogens is 4. The van der Waals surface area contributed by atoms with Crippen molar-refractivity contribution in [3.05, 3.63) is 216 Å². The van der Waals surface area contributed by atoms with Gasteiger partial charge in [0.2, 0.25) is 0 Å². The number of hydrogen-bond acceptors (Lipinski definition) is 5. The summed E-state index contributed by atoms with van der Waals surface area (Å²) in [6, 6.07) is 27.6. The molecule has 0 fully saturated rings. The zero-order chi connectivity index (χ0) is 41.2. The summed E-state index contributed by atoms with van der Waals surface area (Å²) in [4.78, 5) is 32.4. The van der Waals surface area contributed by atoms with Crippen LogP contribution in [0.4, 0.5) is 0 Å². The van der Waals surface area contributed by atoms with E-state index in [2.05, 4.69) is 78.7 Å². The fraction of sp³-hybridized carbons (Fsp3) is 0.0962. The van der Waals surface area contributed by atoms with Crippen LogP contribution in [0.2, 0.25) is 0 Å². The third kappa shape index (κ3) is 8.72. The molecular weight excluding hydrogens is 711 g/mol. The maximum atomic E-state index is 14.1. The minimum atomic E-state index is -0.0850. The Kier molecular flexibility index (Phi) is 12.9. The molecule has 4 aromatic heterocycles. The first kappa shape index (κ1) is 40.4. The van der Waals surface area contributed by atoms with Gasteiger partial charge >= 0.3 is 0 Å². The first-order valence-corrected chi connectivity index (χ1v) is 19.1. The van der Waals surface area contributed by atoms with E-state index in [1.807, 2.05) is 130 Å². The lowest BCUT2D eigenvalue weighted by molar-refractivity contribution is 0.917. The molecule has 0 aliphatic carbocycles. The van der Waals surface area contributed by atoms with E-state index >= 15 is 0 Å². The number of aryl methyl sites for hydroxylation is 1. The third-order valence-corrected chi connectivity index (χ3v) is 9.83. The first-order chi connectivity index (χ1) is 28.2. The van der Waals surface area contributed by atoms with Gasteiger partial charge in [0.1, 0.15) is 0 Å². The highest BCUT2D eigenvalue weighted by Crippen LogP contribution is 2.37. The number of aliphatic imine (C=N–C) groups is 1. The van der Waals surface area contributed by atoms with Crippen LogP contribution in [-0.4, -0.2) is 26.2 Å². The van der Waals surface area contributed by atoms with Gasteiger partial charge < -0.3 is 4.57 Å². The summed E-state index contributed by atoms with van der Waals surface area (Å²) >= 11 is 0. The Hall–Kier alpha value is -7.31. The standard InChI is InChI=1S/C52H47N5O/c1-9-12-22-46(53-7)48-33-39(34-49(56-48)47-24-16-18-30-55-47)38(11-3)26-25-36(5)41-27-28-42(50-43-20-13-14-21-44(43)52(58)57(8)51(41)50)40(31-35(4)19-10-2)32-37(6)45-23-15-17-29-54-45/h9-18,20-34H,2,5-7,19H2,1,3-4,8H3/b12-9-,26-25-,35-31+,38-11?,40-32+,46-22-. The van der Waals surface area contributed by atoms with Gasteiger partial charge in [0.15, 0.2) is 0 Å². The van der Waals surface area contributed by atoms with E-state index in [-0.39, 0.29) is 5.56 Å². The highest BCUT2D eigenvalue weighted by Gasteiger charge is 2.19. The van der Waals surface area contributed by atoms with E-state index in [4.69, 9.17) is 4.98 Å². The zero-order valence-electron chi connectivity index (χ0n) is 33.6. The van der Waals surface area contributed by atoms with Gasteiger partial charge in [-0.1, -0.05) is 104 Å². The van der Waals surface area contributed by atoms with Crippen molar-refractivity contribution in [1.29, 1.82) is 0 Å². The molecule has 0 aliphatic heterocycles. The van der Waals surface area contributed by atoms with Gasteiger partial charge in [-0.3, -0.25) is 19.8 Å². The number of allylic oxidation sites excluding steroid dienone is 14. The fourth-order valence-corrected chi connectivity index (χ4v) is 6.96. The molecule has 0 N–H and O–H groups in total. The molecule has 0 aliphatic rings. The zero-order valence-corrected chi connectivity index (χ0v) is 33.6. The van der Waals surface area contributed by atoms with Crippen LogP contribution >= 0.6 is 0 Å². The smallest absolute Gasteiger partial charge is 0.258 e. The lowest BCUT2D eigenvalue weighted by Crippen LogP contribution is -2.18. The van der Waals surface area contributed by atoms with Crippen molar-refractivity contribution in [1.82, 2.24) is 19.5 Å². The number of pyridine rings is 4. The molecule has 0 atom stereocenters. The van der Waals surface area contributed by atoms with Crippen LogP contribution in [0.5, 0.6) is 0 Å². The van der Waals surface area contributed by atoms with Gasteiger partial charge in [0, 0.05) is 35.8 Å². The summed E-state index contributed by atoms with van der Waals surface area (Å²) in [5, 5.41) is 2.43. The molecule has 58 heavy (non-hydrogen) atoms. The average molecular weight is 758 g/mol. The lowest BCUT2D eigenvalue weighted by Gasteiger charge is -2.19. The molecule has 6 rings (SSSR count). The molecule has 0 bridgehead atoms. The molecule has 286 valence electrons. The molecule has 4 heterocycles. The second-order valence-electron chi connectivity index (χ2n) is 13.8. The van der Waals surface area contributed by atoms with Crippen LogP contribution in [0, 0.1) is 0 Å². The Morgan fingerprint density at radius 2 is 1.52 bits per heavy atom. The van der Waals surface area contributed by atoms with Crippen molar-refractivity contribution in [2.45, 2.75) is 27.2 Å². The molecule has 6 aromatic rings. The second kappa shape index (κ2) is 18.5. The summed E-state index contributed by atoms with van der Waals surface area (Å²) in [6.45, 7) is 22.8. The van der Waals surface area contributed by atoms with Crippen molar-refractivity contribution >= 4 is 56.4 Å². The normalized spacial score (nSPS) is 12.8. The summed E-state index contributed by atoms with van der Waals surface area (Å²) in [5.74, 6) is 0. The molecule has 0 amide bonds. The highest BCUT2D eigenvalue weighted by atomic mass is 16.1. The van der Waals surface area contributed by atoms with E-state index < -0.39 is 0 Å². The van der Waals surface area contributed by atoms with Crippen molar-refractivity contribution in [2.75, 3.05) is 0 Å². The summed E-state index contributed by atoms with van der Waals surface area (Å²) in [5.41, 5.74) is 11.5. The highest BCUT2D eigenvalue weighted by molar-refractivity contribution is 6.15. The Labute approximate surface area is 341 Å². The lowest BCUT2D eigenvalue weighted by atomic mass is 9.89. The van der Waals surface area contributed by atoms with Crippen LogP contribution in [-0.2, 0) is 7.05 Å². The molecule has 6 nitrogen and oxygen atoms in total. The number of nitrogens with zero attached hydrogens (tertiary/aromatic N) is 5. The summed E-state index contributed by atoms with van der Waals surface area (Å²) < 4.78 is 1.74. The Balaban J connectivity index is 1.53. The predicted molar refractivity (Wildman–Crippen MR) is 248 cm³/mol. The topological polar surface area (TPSA) is 73.0 Å². The van der Waals surface area contributed by atoms with Crippen molar-refractivity contribution < 1.29 is 0 Å². The monoisotopic (exact) mass is 757 g/mol. The number of benzene rings is 2. The van der Waals surface area contributed by atoms with Crippen molar-refractivity contribution in [2.24, 2.45) is 12.0 Å². The van der Waals surface area contributed by atoms with Crippen LogP contribution in [0.25, 0.3) is 61.1 Å². The van der Waals surface area contributed by atoms with E-state index in [1.165, 1.54) is 0 Å². The van der Waals surface area contributed by atoms with Gasteiger partial charge in [0.05, 0.1) is 34.0 Å². The fourth-order valence-electron chi connectivity index (χ4n) is 6.96. The molecule has 0 unspecified atom stereocenters. The quantitative estimate of drug-likeness (QED) is 0.0480. The Morgan fingerprint density at radius 1 is 0.793 bits per heavy atom. The summed E-state index contributed by atoms with van der Waals surface area (Å²) in [6.07, 6.45) is 22.2. The van der Waals surface area contributed by atoms with Crippen molar-refractivity contribution in [3.63, 3.8) is 0 Å². The van der Waals surface area contributed by atoms with E-state index in [0.29, 0.717) is 22.5 Å². The largest absolute Gasteiger partial charge is 0.310 e. The predicted octanol–water partition coefficient (Wildman–Crippen LogP) is 12.5. The molecule has 0 saturated heterocycles. The number of fused-ring (bicyclic) bond motifs is 3. The van der Waals surface area contributed by atoms with Gasteiger partial charge in [-0.25, -0.2) is 4.98 Å². The Morgan fingerprint density at radius 3 is 2.19 bits per heavy atom. The second-order valence-corrected chi connectivity index (χ2v) is 13.8.